The standard InChI is InChI=1S/C8H10ClNOSi/c9-6-1-3-7(4-2-6)10-8(11)5-12/h1-4H,5H2,12H3,(H,10,11). The molecule has 0 atom stereocenters. The van der Waals surface area contributed by atoms with E-state index in [0.717, 1.165) is 15.9 Å². The molecule has 0 bridgehead atoms. The smallest absolute Gasteiger partial charge is 0.220 e. The molecule has 0 spiro atoms. The molecule has 0 fully saturated rings. The second-order valence-corrected chi connectivity index (χ2v) is 3.55. The molecule has 1 aromatic carbocycles. The molecule has 0 unspecified atom stereocenters. The summed E-state index contributed by atoms with van der Waals surface area (Å²) in [6.07, 6.45) is 0. The largest absolute Gasteiger partial charge is 0.326 e. The van der Waals surface area contributed by atoms with E-state index in [2.05, 4.69) is 5.32 Å². The predicted octanol–water partition coefficient (Wildman–Crippen LogP) is 1.06. The van der Waals surface area contributed by atoms with Gasteiger partial charge in [0.25, 0.3) is 0 Å². The zero-order valence-corrected chi connectivity index (χ0v) is 9.56. The zero-order chi connectivity index (χ0) is 8.97. The summed E-state index contributed by atoms with van der Waals surface area (Å²) in [7, 11) is 0.894. The Hall–Kier alpha value is -0.803. The molecule has 12 heavy (non-hydrogen) atoms. The minimum absolute atomic E-state index is 0.0731. The number of carbonyl (C=O) groups is 1. The number of hydrogen-bond donors (Lipinski definition) is 1. The van der Waals surface area contributed by atoms with Crippen molar-refractivity contribution in [3.8, 4) is 0 Å². The SMILES string of the molecule is O=C(C[SiH3])Nc1ccc(Cl)cc1. The van der Waals surface area contributed by atoms with Crippen molar-refractivity contribution in [2.45, 2.75) is 6.04 Å². The Kier molecular flexibility index (Phi) is 3.31. The fraction of sp³-hybridized carbons (Fsp3) is 0.125. The highest BCUT2D eigenvalue weighted by Gasteiger charge is 1.97. The fourth-order valence-electron chi connectivity index (χ4n) is 0.783. The van der Waals surface area contributed by atoms with Crippen molar-refractivity contribution >= 4 is 33.4 Å². The number of halogens is 1. The van der Waals surface area contributed by atoms with E-state index in [9.17, 15) is 4.79 Å². The summed E-state index contributed by atoms with van der Waals surface area (Å²) in [6, 6.07) is 7.71. The number of carbonyl (C=O) groups excluding carboxylic acids is 1. The van der Waals surface area contributed by atoms with Crippen LogP contribution in [0.4, 0.5) is 5.69 Å². The van der Waals surface area contributed by atoms with Gasteiger partial charge in [-0.1, -0.05) is 11.6 Å². The molecular weight excluding hydrogens is 190 g/mol. The molecule has 0 saturated carbocycles. The van der Waals surface area contributed by atoms with Crippen LogP contribution in [-0.4, -0.2) is 16.1 Å². The van der Waals surface area contributed by atoms with Gasteiger partial charge in [-0.05, 0) is 24.3 Å². The Bertz CT molecular complexity index is 273. The van der Waals surface area contributed by atoms with E-state index >= 15 is 0 Å². The van der Waals surface area contributed by atoms with Crippen molar-refractivity contribution in [1.82, 2.24) is 0 Å². The first-order valence-corrected chi connectivity index (χ1v) is 5.57. The Morgan fingerprint density at radius 1 is 1.42 bits per heavy atom. The first kappa shape index (κ1) is 9.29. The number of nitrogens with one attached hydrogen (secondary N) is 1. The highest BCUT2D eigenvalue weighted by atomic mass is 35.5. The summed E-state index contributed by atoms with van der Waals surface area (Å²) in [5.74, 6) is 0.0731. The van der Waals surface area contributed by atoms with Crippen LogP contribution in [0.5, 0.6) is 0 Å². The van der Waals surface area contributed by atoms with Gasteiger partial charge in [0.15, 0.2) is 0 Å². The molecule has 0 aliphatic rings. The minimum atomic E-state index is 0.0731. The average molecular weight is 200 g/mol. The van der Waals surface area contributed by atoms with Gasteiger partial charge >= 0.3 is 0 Å². The molecule has 0 radical (unpaired) electrons. The van der Waals surface area contributed by atoms with Crippen LogP contribution in [0.2, 0.25) is 11.1 Å². The van der Waals surface area contributed by atoms with E-state index in [-0.39, 0.29) is 5.91 Å². The Labute approximate surface area is 79.3 Å². The summed E-state index contributed by atoms with van der Waals surface area (Å²) < 4.78 is 0. The third kappa shape index (κ3) is 2.68. The number of hydrogen-bond acceptors (Lipinski definition) is 1. The van der Waals surface area contributed by atoms with Crippen molar-refractivity contribution in [2.75, 3.05) is 5.32 Å². The predicted molar refractivity (Wildman–Crippen MR) is 54.8 cm³/mol. The van der Waals surface area contributed by atoms with E-state index in [0.29, 0.717) is 11.1 Å². The lowest BCUT2D eigenvalue weighted by atomic mass is 10.3. The molecule has 0 aromatic heterocycles. The first-order valence-electron chi connectivity index (χ1n) is 3.78. The van der Waals surface area contributed by atoms with Crippen LogP contribution in [0, 0.1) is 0 Å². The Morgan fingerprint density at radius 2 is 2.00 bits per heavy atom. The summed E-state index contributed by atoms with van der Waals surface area (Å²) in [4.78, 5) is 11.0. The lowest BCUT2D eigenvalue weighted by molar-refractivity contribution is -0.114. The maximum Gasteiger partial charge on any atom is 0.220 e. The number of rotatable bonds is 2. The summed E-state index contributed by atoms with van der Waals surface area (Å²) in [5.41, 5.74) is 0.806. The minimum Gasteiger partial charge on any atom is -0.326 e. The van der Waals surface area contributed by atoms with Crippen molar-refractivity contribution in [3.63, 3.8) is 0 Å². The van der Waals surface area contributed by atoms with Gasteiger partial charge in [-0.25, -0.2) is 0 Å². The third-order valence-electron chi connectivity index (χ3n) is 1.45. The van der Waals surface area contributed by atoms with E-state index in [1.54, 1.807) is 24.3 Å². The van der Waals surface area contributed by atoms with E-state index in [4.69, 9.17) is 11.6 Å². The lowest BCUT2D eigenvalue weighted by Gasteiger charge is -2.01. The maximum atomic E-state index is 11.0. The van der Waals surface area contributed by atoms with Crippen molar-refractivity contribution in [3.05, 3.63) is 29.3 Å². The summed E-state index contributed by atoms with van der Waals surface area (Å²) in [6.45, 7) is 0. The molecule has 0 heterocycles. The quantitative estimate of drug-likeness (QED) is 0.710. The van der Waals surface area contributed by atoms with Gasteiger partial charge in [0.05, 0.1) is 0 Å². The monoisotopic (exact) mass is 199 g/mol. The molecule has 1 N–H and O–H groups in total. The average Bonchev–Trinajstić information content (AvgIpc) is 2.09. The highest BCUT2D eigenvalue weighted by Crippen LogP contribution is 2.13. The van der Waals surface area contributed by atoms with Crippen LogP contribution >= 0.6 is 11.6 Å². The van der Waals surface area contributed by atoms with Crippen molar-refractivity contribution < 1.29 is 4.79 Å². The Balaban J connectivity index is 2.64. The van der Waals surface area contributed by atoms with E-state index in [1.165, 1.54) is 0 Å². The zero-order valence-electron chi connectivity index (χ0n) is 6.80. The van der Waals surface area contributed by atoms with Crippen LogP contribution in [0.3, 0.4) is 0 Å². The van der Waals surface area contributed by atoms with Gasteiger partial charge in [-0.3, -0.25) is 4.79 Å². The topological polar surface area (TPSA) is 29.1 Å². The third-order valence-corrected chi connectivity index (χ3v) is 2.34. The van der Waals surface area contributed by atoms with Crippen LogP contribution in [0.15, 0.2) is 24.3 Å². The van der Waals surface area contributed by atoms with Gasteiger partial charge in [-0.15, -0.1) is 0 Å². The number of benzene rings is 1. The molecule has 1 amide bonds. The van der Waals surface area contributed by atoms with Crippen LogP contribution in [0.25, 0.3) is 0 Å². The van der Waals surface area contributed by atoms with Gasteiger partial charge < -0.3 is 5.32 Å². The fourth-order valence-corrected chi connectivity index (χ4v) is 1.09. The van der Waals surface area contributed by atoms with E-state index in [1.807, 2.05) is 0 Å². The summed E-state index contributed by atoms with van der Waals surface area (Å²) in [5, 5.41) is 3.44. The first-order chi connectivity index (χ1) is 5.72. The Morgan fingerprint density at radius 3 is 2.50 bits per heavy atom. The van der Waals surface area contributed by atoms with Gasteiger partial charge in [0.2, 0.25) is 5.91 Å². The molecule has 2 nitrogen and oxygen atoms in total. The number of amides is 1. The maximum absolute atomic E-state index is 11.0. The second-order valence-electron chi connectivity index (χ2n) is 2.41. The molecule has 4 heteroatoms. The second kappa shape index (κ2) is 4.28. The molecule has 0 saturated heterocycles. The highest BCUT2D eigenvalue weighted by molar-refractivity contribution is 6.30. The lowest BCUT2D eigenvalue weighted by Crippen LogP contribution is -2.09. The van der Waals surface area contributed by atoms with Crippen LogP contribution < -0.4 is 5.32 Å². The van der Waals surface area contributed by atoms with Crippen LogP contribution in [-0.2, 0) is 4.79 Å². The van der Waals surface area contributed by atoms with Crippen molar-refractivity contribution in [1.29, 1.82) is 0 Å². The van der Waals surface area contributed by atoms with Crippen LogP contribution in [0.1, 0.15) is 0 Å². The van der Waals surface area contributed by atoms with Gasteiger partial charge in [0.1, 0.15) is 0 Å². The number of anilines is 1. The van der Waals surface area contributed by atoms with Crippen molar-refractivity contribution in [2.24, 2.45) is 0 Å². The molecule has 0 aliphatic carbocycles. The molecule has 1 aromatic rings. The van der Waals surface area contributed by atoms with Gasteiger partial charge in [0, 0.05) is 27.0 Å². The normalized spacial score (nSPS) is 9.75. The van der Waals surface area contributed by atoms with Gasteiger partial charge in [-0.2, -0.15) is 0 Å². The molecular formula is C8H10ClNOSi. The molecule has 0 aliphatic heterocycles. The summed E-state index contributed by atoms with van der Waals surface area (Å²) >= 11 is 5.68. The molecule has 64 valence electrons. The van der Waals surface area contributed by atoms with E-state index < -0.39 is 0 Å². The molecule has 1 rings (SSSR count).